The fraction of sp³-hybridized carbons (Fsp3) is 0.647. The fourth-order valence-corrected chi connectivity index (χ4v) is 3.45. The van der Waals surface area contributed by atoms with Crippen molar-refractivity contribution in [2.45, 2.75) is 50.9 Å². The molecule has 0 saturated carbocycles. The fourth-order valence-electron chi connectivity index (χ4n) is 3.45. The van der Waals surface area contributed by atoms with E-state index in [0.717, 1.165) is 32.0 Å². The van der Waals surface area contributed by atoms with E-state index in [-0.39, 0.29) is 36.4 Å². The maximum atomic E-state index is 12.9. The van der Waals surface area contributed by atoms with Gasteiger partial charge >= 0.3 is 0 Å². The van der Waals surface area contributed by atoms with Crippen LogP contribution in [0.1, 0.15) is 31.9 Å². The third-order valence-electron chi connectivity index (χ3n) is 4.58. The molecule has 0 N–H and O–H groups in total. The first-order valence-corrected chi connectivity index (χ1v) is 8.30. The third-order valence-corrected chi connectivity index (χ3v) is 4.58. The molecule has 0 aromatic carbocycles. The highest BCUT2D eigenvalue weighted by Crippen LogP contribution is 2.32. The van der Waals surface area contributed by atoms with Crippen molar-refractivity contribution in [2.24, 2.45) is 0 Å². The van der Waals surface area contributed by atoms with E-state index < -0.39 is 0 Å². The van der Waals surface area contributed by atoms with E-state index in [4.69, 9.17) is 9.47 Å². The number of nitrogens with zero attached hydrogens (tertiary/aromatic N) is 2. The van der Waals surface area contributed by atoms with Gasteiger partial charge in [0.1, 0.15) is 5.82 Å². The predicted molar refractivity (Wildman–Crippen MR) is 82.4 cm³/mol. The van der Waals surface area contributed by atoms with Gasteiger partial charge in [-0.2, -0.15) is 0 Å². The minimum absolute atomic E-state index is 0.0449. The molecule has 2 saturated heterocycles. The molecule has 1 aromatic rings. The van der Waals surface area contributed by atoms with Gasteiger partial charge in [0.05, 0.1) is 37.5 Å². The van der Waals surface area contributed by atoms with E-state index in [9.17, 15) is 9.18 Å². The summed E-state index contributed by atoms with van der Waals surface area (Å²) in [4.78, 5) is 18.4. The Morgan fingerprint density at radius 3 is 3.04 bits per heavy atom. The molecule has 6 heteroatoms. The number of hydrogen-bond donors (Lipinski definition) is 0. The summed E-state index contributed by atoms with van der Waals surface area (Å²) in [5.74, 6) is -0.341. The molecule has 3 atom stereocenters. The minimum atomic E-state index is -0.386. The molecule has 0 spiro atoms. The summed E-state index contributed by atoms with van der Waals surface area (Å²) in [5.41, 5.74) is 0.603. The smallest absolute Gasteiger partial charge is 0.228 e. The lowest BCUT2D eigenvalue weighted by Crippen LogP contribution is -2.46. The largest absolute Gasteiger partial charge is 0.379 e. The van der Waals surface area contributed by atoms with Crippen molar-refractivity contribution in [3.8, 4) is 0 Å². The molecule has 3 rings (SSSR count). The summed E-state index contributed by atoms with van der Waals surface area (Å²) in [6.45, 7) is 4.03. The van der Waals surface area contributed by atoms with Crippen molar-refractivity contribution in [3.05, 3.63) is 29.8 Å². The lowest BCUT2D eigenvalue weighted by molar-refractivity contribution is -0.138. The number of aromatic nitrogens is 1. The number of fused-ring (bicyclic) bond motifs is 1. The number of halogens is 1. The highest BCUT2D eigenvalue weighted by molar-refractivity contribution is 5.79. The molecule has 1 aromatic heterocycles. The molecule has 2 fully saturated rings. The molecule has 2 aliphatic heterocycles. The number of likely N-dealkylation sites (tertiary alicyclic amines) is 1. The van der Waals surface area contributed by atoms with Crippen LogP contribution in [0.2, 0.25) is 0 Å². The van der Waals surface area contributed by atoms with E-state index in [1.165, 1.54) is 6.07 Å². The van der Waals surface area contributed by atoms with Gasteiger partial charge in [-0.15, -0.1) is 0 Å². The molecule has 3 heterocycles. The minimum Gasteiger partial charge on any atom is -0.379 e. The highest BCUT2D eigenvalue weighted by atomic mass is 19.1. The molecule has 0 unspecified atom stereocenters. The van der Waals surface area contributed by atoms with Crippen molar-refractivity contribution in [1.29, 1.82) is 0 Å². The zero-order valence-electron chi connectivity index (χ0n) is 13.4. The molecule has 0 bridgehead atoms. The molecule has 2 aliphatic rings. The Hall–Kier alpha value is -1.53. The zero-order chi connectivity index (χ0) is 16.2. The van der Waals surface area contributed by atoms with Gasteiger partial charge in [-0.25, -0.2) is 4.39 Å². The summed E-state index contributed by atoms with van der Waals surface area (Å²) in [5, 5.41) is 0. The number of carbonyl (C=O) groups excluding carboxylic acids is 1. The normalized spacial score (nSPS) is 27.0. The first kappa shape index (κ1) is 16.3. The summed E-state index contributed by atoms with van der Waals surface area (Å²) in [6, 6.07) is 3.06. The average Bonchev–Trinajstić information content (AvgIpc) is 2.98. The first-order chi connectivity index (χ1) is 11.2. The summed E-state index contributed by atoms with van der Waals surface area (Å²) < 4.78 is 24.4. The van der Waals surface area contributed by atoms with Gasteiger partial charge in [0.2, 0.25) is 5.91 Å². The van der Waals surface area contributed by atoms with Crippen molar-refractivity contribution in [3.63, 3.8) is 0 Å². The van der Waals surface area contributed by atoms with Crippen LogP contribution < -0.4 is 0 Å². The summed E-state index contributed by atoms with van der Waals surface area (Å²) >= 11 is 0. The van der Waals surface area contributed by atoms with Crippen LogP contribution in [0.4, 0.5) is 4.39 Å². The SMILES string of the molecule is CCOC[C@H]1CC[C@@H]2[C@@H](CCN2C(=O)Cc2ccc(F)cn2)O1. The maximum absolute atomic E-state index is 12.9. The Bertz CT molecular complexity index is 537. The molecule has 5 nitrogen and oxygen atoms in total. The van der Waals surface area contributed by atoms with Crippen molar-refractivity contribution >= 4 is 5.91 Å². The molecule has 126 valence electrons. The lowest BCUT2D eigenvalue weighted by atomic mass is 9.99. The number of pyridine rings is 1. The van der Waals surface area contributed by atoms with Crippen LogP contribution in [0.25, 0.3) is 0 Å². The zero-order valence-corrected chi connectivity index (χ0v) is 13.4. The van der Waals surface area contributed by atoms with E-state index in [2.05, 4.69) is 4.98 Å². The standard InChI is InChI=1S/C17H23FN2O3/c1-2-22-11-14-5-6-15-16(23-14)7-8-20(15)17(21)9-13-4-3-12(18)10-19-13/h3-4,10,14-16H,2,5-9,11H2,1H3/t14-,15-,16-/m1/s1. The molecule has 0 aliphatic carbocycles. The summed E-state index contributed by atoms with van der Waals surface area (Å²) in [6.07, 6.45) is 4.36. The van der Waals surface area contributed by atoms with Crippen LogP contribution in [0, 0.1) is 5.82 Å². The van der Waals surface area contributed by atoms with Gasteiger partial charge < -0.3 is 14.4 Å². The Labute approximate surface area is 135 Å². The van der Waals surface area contributed by atoms with Gasteiger partial charge in [0, 0.05) is 18.8 Å². The number of carbonyl (C=O) groups is 1. The van der Waals surface area contributed by atoms with Crippen molar-refractivity contribution in [2.75, 3.05) is 19.8 Å². The Morgan fingerprint density at radius 1 is 1.43 bits per heavy atom. The van der Waals surface area contributed by atoms with Crippen LogP contribution in [0.3, 0.4) is 0 Å². The number of hydrogen-bond acceptors (Lipinski definition) is 4. The van der Waals surface area contributed by atoms with Crippen molar-refractivity contribution < 1.29 is 18.7 Å². The maximum Gasteiger partial charge on any atom is 0.228 e. The topological polar surface area (TPSA) is 51.7 Å². The Balaban J connectivity index is 1.56. The van der Waals surface area contributed by atoms with Crippen LogP contribution in [-0.4, -0.2) is 53.8 Å². The molecular formula is C17H23FN2O3. The third kappa shape index (κ3) is 3.87. The average molecular weight is 322 g/mol. The van der Waals surface area contributed by atoms with Crippen molar-refractivity contribution in [1.82, 2.24) is 9.88 Å². The molecule has 0 radical (unpaired) electrons. The highest BCUT2D eigenvalue weighted by Gasteiger charge is 2.41. The van der Waals surface area contributed by atoms with Crippen LogP contribution in [0.5, 0.6) is 0 Å². The summed E-state index contributed by atoms with van der Waals surface area (Å²) in [7, 11) is 0. The van der Waals surface area contributed by atoms with Crippen LogP contribution >= 0.6 is 0 Å². The molecule has 23 heavy (non-hydrogen) atoms. The second-order valence-electron chi connectivity index (χ2n) is 6.12. The molecule has 1 amide bonds. The van der Waals surface area contributed by atoms with Gasteiger partial charge in [0.15, 0.2) is 0 Å². The predicted octanol–water partition coefficient (Wildman–Crippen LogP) is 1.95. The quantitative estimate of drug-likeness (QED) is 0.831. The van der Waals surface area contributed by atoms with Gasteiger partial charge in [-0.1, -0.05) is 0 Å². The van der Waals surface area contributed by atoms with Gasteiger partial charge in [-0.3, -0.25) is 9.78 Å². The lowest BCUT2D eigenvalue weighted by Gasteiger charge is -2.35. The van der Waals surface area contributed by atoms with Crippen LogP contribution in [-0.2, 0) is 20.7 Å². The Kier molecular flexibility index (Phi) is 5.23. The Morgan fingerprint density at radius 2 is 2.30 bits per heavy atom. The number of ether oxygens (including phenoxy) is 2. The number of rotatable bonds is 5. The second kappa shape index (κ2) is 7.36. The van der Waals surface area contributed by atoms with E-state index >= 15 is 0 Å². The number of amides is 1. The van der Waals surface area contributed by atoms with Gasteiger partial charge in [0.25, 0.3) is 0 Å². The molecular weight excluding hydrogens is 299 g/mol. The first-order valence-electron chi connectivity index (χ1n) is 8.30. The second-order valence-corrected chi connectivity index (χ2v) is 6.12. The van der Waals surface area contributed by atoms with E-state index in [1.54, 1.807) is 6.07 Å². The van der Waals surface area contributed by atoms with E-state index in [0.29, 0.717) is 18.9 Å². The van der Waals surface area contributed by atoms with Gasteiger partial charge in [-0.05, 0) is 38.3 Å². The van der Waals surface area contributed by atoms with E-state index in [1.807, 2.05) is 11.8 Å². The van der Waals surface area contributed by atoms with Crippen LogP contribution in [0.15, 0.2) is 18.3 Å². The monoisotopic (exact) mass is 322 g/mol.